The Morgan fingerprint density at radius 3 is 1.07 bits per heavy atom. The van der Waals surface area contributed by atoms with Gasteiger partial charge in [0.25, 0.3) is 10.0 Å². The van der Waals surface area contributed by atoms with Gasteiger partial charge >= 0.3 is 0 Å². The summed E-state index contributed by atoms with van der Waals surface area (Å²) in [4.78, 5) is 14.5. The van der Waals surface area contributed by atoms with E-state index in [2.05, 4.69) is 0 Å². The van der Waals surface area contributed by atoms with Gasteiger partial charge in [-0.25, -0.2) is 0 Å². The van der Waals surface area contributed by atoms with Crippen LogP contribution in [0.15, 0.2) is 0 Å². The van der Waals surface area contributed by atoms with Crippen LogP contribution in [0.2, 0.25) is 0 Å². The van der Waals surface area contributed by atoms with E-state index in [0.29, 0.717) is 0 Å². The first-order valence-corrected chi connectivity index (χ1v) is 5.38. The Labute approximate surface area is 88.7 Å². The average Bonchev–Trinajstić information content (AvgIpc) is 2.25. The van der Waals surface area contributed by atoms with Crippen molar-refractivity contribution in [2.24, 2.45) is 0 Å². The number of hydrogen-bond donors (Lipinski definition) is 8. The van der Waals surface area contributed by atoms with Gasteiger partial charge in [0.05, 0.1) is 13.2 Å². The first-order valence-electron chi connectivity index (χ1n) is 4.11. The van der Waals surface area contributed by atoms with E-state index in [1.54, 1.807) is 0 Å². The van der Waals surface area contributed by atoms with Crippen LogP contribution < -0.4 is 0 Å². The molecule has 0 aliphatic heterocycles. The van der Waals surface area contributed by atoms with Crippen LogP contribution in [-0.4, -0.2) is 87.9 Å². The van der Waals surface area contributed by atoms with Crippen LogP contribution in [0.3, 0.4) is 0 Å². The number of hydrogen-bond acceptors (Lipinski definition) is 8. The van der Waals surface area contributed by atoms with Gasteiger partial charge in [0, 0.05) is 0 Å². The van der Waals surface area contributed by atoms with E-state index in [0.717, 1.165) is 0 Å². The third kappa shape index (κ3) is 7.78. The Morgan fingerprint density at radius 1 is 0.733 bits per heavy atom. The van der Waals surface area contributed by atoms with Crippen molar-refractivity contribution in [3.05, 3.63) is 0 Å². The Hall–Kier alpha value is -0.103. The van der Waals surface area contributed by atoms with Gasteiger partial charge in [0.2, 0.25) is 0 Å². The highest BCUT2D eigenvalue weighted by Gasteiger charge is 2.29. The van der Waals surface area contributed by atoms with Crippen molar-refractivity contribution in [1.82, 2.24) is 0 Å². The van der Waals surface area contributed by atoms with Crippen molar-refractivity contribution in [2.45, 2.75) is 24.4 Å². The second kappa shape index (κ2) is 10.4. The molecule has 8 nitrogen and oxygen atoms in total. The molecule has 0 heterocycles. The van der Waals surface area contributed by atoms with Gasteiger partial charge in [0.15, 0.2) is 0 Å². The van der Waals surface area contributed by atoms with E-state index in [1.165, 1.54) is 0 Å². The summed E-state index contributed by atoms with van der Waals surface area (Å²) in [6.45, 7) is -1.45. The van der Waals surface area contributed by atoms with Gasteiger partial charge in [-0.2, -0.15) is 0 Å². The third-order valence-electron chi connectivity index (χ3n) is 1.51. The molecule has 15 heavy (non-hydrogen) atoms. The van der Waals surface area contributed by atoms with E-state index >= 15 is 0 Å². The molecule has 0 aliphatic carbocycles. The van der Waals surface area contributed by atoms with E-state index in [4.69, 9.17) is 40.2 Å². The molecule has 0 aromatic heterocycles. The molecule has 0 bridgehead atoms. The van der Waals surface area contributed by atoms with Crippen molar-refractivity contribution in [1.29, 1.82) is 0 Å². The molecule has 4 unspecified atom stereocenters. The minimum atomic E-state index is -1.67. The maximum atomic E-state index is 8.96. The van der Waals surface area contributed by atoms with E-state index in [9.17, 15) is 0 Å². The molecule has 0 amide bonds. The quantitative estimate of drug-likeness (QED) is 0.223. The van der Waals surface area contributed by atoms with Gasteiger partial charge in [-0.15, -0.1) is 0 Å². The molecule has 4 atom stereocenters. The molecule has 0 aromatic rings. The molecule has 0 saturated heterocycles. The number of aliphatic hydroxyl groups excluding tert-OH is 6. The second-order valence-corrected chi connectivity index (χ2v) is 2.91. The number of aliphatic hydroxyl groups is 6. The average molecular weight is 246 g/mol. The summed E-state index contributed by atoms with van der Waals surface area (Å²) in [5.41, 5.74) is 0. The largest absolute Gasteiger partial charge is 0.415 e. The normalized spacial score (nSPS) is 18.4. The maximum Gasteiger partial charge on any atom is 0.299 e. The molecule has 0 saturated carbocycles. The van der Waals surface area contributed by atoms with E-state index in [-0.39, 0.29) is 0 Å². The lowest BCUT2D eigenvalue weighted by atomic mass is 10.0. The fourth-order valence-corrected chi connectivity index (χ4v) is 0.671. The highest BCUT2D eigenvalue weighted by atomic mass is 28.2. The summed E-state index contributed by atoms with van der Waals surface area (Å²) >= 11 is 0. The Morgan fingerprint density at radius 2 is 0.933 bits per heavy atom. The first kappa shape index (κ1) is 17.3. The molecular formula is C6H18O8Si. The van der Waals surface area contributed by atoms with Gasteiger partial charge in [0.1, 0.15) is 24.4 Å². The minimum Gasteiger partial charge on any atom is -0.415 e. The lowest BCUT2D eigenvalue weighted by Crippen LogP contribution is -2.46. The summed E-state index contributed by atoms with van der Waals surface area (Å²) in [6, 6.07) is 0. The van der Waals surface area contributed by atoms with Crippen molar-refractivity contribution < 1.29 is 40.2 Å². The SMILES string of the molecule is OCC(O)C(O)C(O)C(O)CO.O[SiH2]O. The predicted molar refractivity (Wildman–Crippen MR) is 51.2 cm³/mol. The molecule has 0 rings (SSSR count). The van der Waals surface area contributed by atoms with Gasteiger partial charge in [-0.05, 0) is 0 Å². The molecule has 0 fully saturated rings. The molecule has 94 valence electrons. The highest BCUT2D eigenvalue weighted by molar-refractivity contribution is 6.13. The van der Waals surface area contributed by atoms with Crippen LogP contribution in [0, 0.1) is 0 Å². The summed E-state index contributed by atoms with van der Waals surface area (Å²) in [7, 11) is -1.58. The lowest BCUT2D eigenvalue weighted by molar-refractivity contribution is -0.123. The zero-order valence-electron chi connectivity index (χ0n) is 8.01. The molecule has 0 spiro atoms. The number of rotatable bonds is 5. The molecule has 8 N–H and O–H groups in total. The lowest BCUT2D eigenvalue weighted by Gasteiger charge is -2.24. The van der Waals surface area contributed by atoms with E-state index in [1.807, 2.05) is 0 Å². The van der Waals surface area contributed by atoms with Crippen LogP contribution in [0.5, 0.6) is 0 Å². The van der Waals surface area contributed by atoms with Crippen LogP contribution in [0.25, 0.3) is 0 Å². The van der Waals surface area contributed by atoms with E-state index < -0.39 is 47.6 Å². The monoisotopic (exact) mass is 246 g/mol. The van der Waals surface area contributed by atoms with Crippen LogP contribution in [0.1, 0.15) is 0 Å². The molecule has 0 radical (unpaired) electrons. The van der Waals surface area contributed by atoms with Gasteiger partial charge in [-0.3, -0.25) is 0 Å². The predicted octanol–water partition coefficient (Wildman–Crippen LogP) is -5.62. The molecule has 9 heteroatoms. The molecule has 0 aromatic carbocycles. The fourth-order valence-electron chi connectivity index (χ4n) is 0.671. The third-order valence-corrected chi connectivity index (χ3v) is 1.51. The van der Waals surface area contributed by atoms with Crippen LogP contribution in [0.4, 0.5) is 0 Å². The Bertz CT molecular complexity index is 122. The Kier molecular flexibility index (Phi) is 12.0. The van der Waals surface area contributed by atoms with Crippen molar-refractivity contribution in [2.75, 3.05) is 13.2 Å². The van der Waals surface area contributed by atoms with Gasteiger partial charge < -0.3 is 40.2 Å². The molecular weight excluding hydrogens is 228 g/mol. The Balaban J connectivity index is 0. The smallest absolute Gasteiger partial charge is 0.299 e. The minimum absolute atomic E-state index is 0.726. The zero-order chi connectivity index (χ0) is 12.4. The second-order valence-electron chi connectivity index (χ2n) is 2.62. The molecule has 0 aliphatic rings. The first-order chi connectivity index (χ1) is 6.95. The fraction of sp³-hybridized carbons (Fsp3) is 1.00. The van der Waals surface area contributed by atoms with Crippen molar-refractivity contribution >= 4 is 10.0 Å². The highest BCUT2D eigenvalue weighted by Crippen LogP contribution is 2.03. The van der Waals surface area contributed by atoms with Crippen molar-refractivity contribution in [3.63, 3.8) is 0 Å². The maximum absolute atomic E-state index is 8.96. The topological polar surface area (TPSA) is 162 Å². The van der Waals surface area contributed by atoms with Crippen LogP contribution >= 0.6 is 0 Å². The van der Waals surface area contributed by atoms with Gasteiger partial charge in [-0.1, -0.05) is 0 Å². The summed E-state index contributed by atoms with van der Waals surface area (Å²) in [6.07, 6.45) is -6.39. The van der Waals surface area contributed by atoms with Crippen molar-refractivity contribution in [3.8, 4) is 0 Å². The zero-order valence-corrected chi connectivity index (χ0v) is 9.42. The summed E-state index contributed by atoms with van der Waals surface area (Å²) < 4.78 is 0. The summed E-state index contributed by atoms with van der Waals surface area (Å²) in [5, 5.41) is 52.2. The van der Waals surface area contributed by atoms with Crippen LogP contribution in [-0.2, 0) is 0 Å². The summed E-state index contributed by atoms with van der Waals surface area (Å²) in [5.74, 6) is 0. The standard InChI is InChI=1S/C6H14O6.H4O2Si/c7-1-3(9)5(11)6(12)4(10)2-8;1-3-2/h3-12H,1-2H2;1-2H,3H2.